The van der Waals surface area contributed by atoms with E-state index in [2.05, 4.69) is 54.6 Å². The van der Waals surface area contributed by atoms with Crippen LogP contribution in [0.25, 0.3) is 0 Å². The van der Waals surface area contributed by atoms with Gasteiger partial charge in [0, 0.05) is 66.9 Å². The van der Waals surface area contributed by atoms with Crippen LogP contribution in [0.2, 0.25) is 5.02 Å². The summed E-state index contributed by atoms with van der Waals surface area (Å²) >= 11 is 10.1. The lowest BCUT2D eigenvalue weighted by molar-refractivity contribution is -0.127. The van der Waals surface area contributed by atoms with Crippen LogP contribution in [0.1, 0.15) is 67.0 Å². The van der Waals surface area contributed by atoms with E-state index in [1.165, 1.54) is 17.5 Å². The number of fused-ring (bicyclic) bond motifs is 2. The summed E-state index contributed by atoms with van der Waals surface area (Å²) in [4.78, 5) is 40.6. The Hall–Kier alpha value is -2.95. The number of piperazine rings is 1. The predicted octanol–water partition coefficient (Wildman–Crippen LogP) is 5.12. The first-order valence-corrected chi connectivity index (χ1v) is 16.6. The molecule has 1 saturated carbocycles. The van der Waals surface area contributed by atoms with Gasteiger partial charge in [-0.15, -0.1) is 0 Å². The fraction of sp³-hybridized carbons (Fsp3) is 0.500. The second-order valence-electron chi connectivity index (χ2n) is 11.9. The molecule has 11 heteroatoms. The smallest absolute Gasteiger partial charge is 0.318 e. The molecule has 2 N–H and O–H groups in total. The van der Waals surface area contributed by atoms with Crippen LogP contribution >= 0.6 is 27.5 Å². The number of benzene rings is 1. The maximum Gasteiger partial charge on any atom is 0.318 e. The molecule has 228 valence electrons. The number of hydrogen-bond donors (Lipinski definition) is 2. The third kappa shape index (κ3) is 7.07. The van der Waals surface area contributed by atoms with E-state index in [1.54, 1.807) is 17.4 Å². The van der Waals surface area contributed by atoms with Gasteiger partial charge in [0.05, 0.1) is 18.1 Å². The highest BCUT2D eigenvalue weighted by Gasteiger charge is 2.40. The van der Waals surface area contributed by atoms with Crippen LogP contribution in [0.15, 0.2) is 53.7 Å². The van der Waals surface area contributed by atoms with E-state index in [0.29, 0.717) is 26.2 Å². The van der Waals surface area contributed by atoms with Crippen LogP contribution in [0.5, 0.6) is 0 Å². The molecule has 1 aromatic carbocycles. The number of hydrogen-bond acceptors (Lipinski definition) is 5. The maximum atomic E-state index is 13.8. The minimum atomic E-state index is -0.622. The Morgan fingerprint density at radius 2 is 1.91 bits per heavy atom. The first-order chi connectivity index (χ1) is 21.0. The van der Waals surface area contributed by atoms with E-state index < -0.39 is 6.04 Å². The minimum Gasteiger partial charge on any atom is -0.354 e. The average Bonchev–Trinajstić information content (AvgIpc) is 3.48. The number of rotatable bonds is 7. The second kappa shape index (κ2) is 13.8. The van der Waals surface area contributed by atoms with Crippen molar-refractivity contribution >= 4 is 39.5 Å². The molecule has 0 bridgehead atoms. The zero-order chi connectivity index (χ0) is 29.8. The Bertz CT molecular complexity index is 1380. The van der Waals surface area contributed by atoms with Crippen LogP contribution in [0, 0.1) is 0 Å². The summed E-state index contributed by atoms with van der Waals surface area (Å²) in [5.41, 5.74) is 4.55. The van der Waals surface area contributed by atoms with Gasteiger partial charge in [-0.3, -0.25) is 14.7 Å². The summed E-state index contributed by atoms with van der Waals surface area (Å²) < 4.78 is 2.95. The largest absolute Gasteiger partial charge is 0.354 e. The van der Waals surface area contributed by atoms with Gasteiger partial charge in [0.25, 0.3) is 0 Å². The molecule has 3 heterocycles. The van der Waals surface area contributed by atoms with Gasteiger partial charge in [0.1, 0.15) is 6.04 Å². The van der Waals surface area contributed by atoms with E-state index in [4.69, 9.17) is 16.6 Å². The van der Waals surface area contributed by atoms with Crippen molar-refractivity contribution in [3.63, 3.8) is 0 Å². The van der Waals surface area contributed by atoms with Gasteiger partial charge >= 0.3 is 6.03 Å². The highest BCUT2D eigenvalue weighted by molar-refractivity contribution is 9.10. The molecule has 2 fully saturated rings. The fourth-order valence-electron chi connectivity index (χ4n) is 6.80. The first-order valence-electron chi connectivity index (χ1n) is 15.4. The van der Waals surface area contributed by atoms with Crippen LogP contribution in [-0.2, 0) is 24.2 Å². The van der Waals surface area contributed by atoms with Crippen LogP contribution in [0.4, 0.5) is 4.79 Å². The van der Waals surface area contributed by atoms with Crippen LogP contribution in [-0.4, -0.2) is 74.5 Å². The third-order valence-corrected chi connectivity index (χ3v) is 9.68. The Kier molecular flexibility index (Phi) is 9.64. The van der Waals surface area contributed by atoms with Crippen molar-refractivity contribution < 1.29 is 9.59 Å². The van der Waals surface area contributed by atoms with Gasteiger partial charge < -0.3 is 20.1 Å². The number of nitrogens with one attached hydrogen (secondary N) is 2. The lowest BCUT2D eigenvalue weighted by Crippen LogP contribution is -2.63. The normalized spacial score (nSPS) is 21.0. The van der Waals surface area contributed by atoms with Crippen LogP contribution in [0.3, 0.4) is 0 Å². The molecule has 9 nitrogen and oxygen atoms in total. The summed E-state index contributed by atoms with van der Waals surface area (Å²) in [5, 5.41) is 7.10. The molecule has 3 aromatic rings. The monoisotopic (exact) mass is 667 g/mol. The highest BCUT2D eigenvalue weighted by Crippen LogP contribution is 2.38. The van der Waals surface area contributed by atoms with Crippen molar-refractivity contribution in [1.29, 1.82) is 0 Å². The summed E-state index contributed by atoms with van der Waals surface area (Å²) in [5.74, 6) is -0.122. The molecular weight excluding hydrogens is 630 g/mol. The average molecular weight is 669 g/mol. The Morgan fingerprint density at radius 3 is 2.72 bits per heavy atom. The van der Waals surface area contributed by atoms with Crippen molar-refractivity contribution in [1.82, 2.24) is 35.0 Å². The van der Waals surface area contributed by atoms with Crippen molar-refractivity contribution in [2.24, 2.45) is 0 Å². The molecule has 2 aromatic heterocycles. The molecule has 3 aliphatic rings. The molecular formula is C32H39BrClN7O2. The number of imidazole rings is 1. The molecule has 2 atom stereocenters. The molecule has 2 aliphatic carbocycles. The van der Waals surface area contributed by atoms with Gasteiger partial charge in [-0.1, -0.05) is 36.9 Å². The number of aryl methyl sites for hydroxylation is 3. The zero-order valence-corrected chi connectivity index (χ0v) is 26.7. The number of halogens is 2. The van der Waals surface area contributed by atoms with Gasteiger partial charge in [-0.2, -0.15) is 0 Å². The summed E-state index contributed by atoms with van der Waals surface area (Å²) in [6.07, 6.45) is 15.3. The molecule has 3 amide bonds. The van der Waals surface area contributed by atoms with E-state index in [-0.39, 0.29) is 24.0 Å². The van der Waals surface area contributed by atoms with Crippen molar-refractivity contribution in [3.8, 4) is 0 Å². The lowest BCUT2D eigenvalue weighted by Gasteiger charge is -2.44. The number of urea groups is 1. The van der Waals surface area contributed by atoms with Gasteiger partial charge in [-0.05, 0) is 82.9 Å². The van der Waals surface area contributed by atoms with E-state index >= 15 is 0 Å². The summed E-state index contributed by atoms with van der Waals surface area (Å²) in [6, 6.07) is 7.53. The standard InChI is InChI=1S/C32H39BrClN7O2/c33-24-17-23-8-7-22-18-25(34)9-10-27(22)30(29(23)37-19-24)40-15-16-41(32(43)38-26-5-2-1-3-6-26)28(20-40)31(42)36-11-4-13-39-14-12-35-21-39/h9-10,12,14,17-19,21,26,28,30H,1-8,11,13,15-16,20H2,(H,36,42)(H,38,43)/t28-,30-/m1/s1. The number of nitrogens with zero attached hydrogens (tertiary/aromatic N) is 5. The topological polar surface area (TPSA) is 95.4 Å². The Balaban J connectivity index is 1.25. The fourth-order valence-corrected chi connectivity index (χ4v) is 7.38. The molecule has 43 heavy (non-hydrogen) atoms. The summed E-state index contributed by atoms with van der Waals surface area (Å²) in [6.45, 7) is 2.79. The maximum absolute atomic E-state index is 13.8. The Labute approximate surface area is 266 Å². The third-order valence-electron chi connectivity index (χ3n) is 9.02. The van der Waals surface area contributed by atoms with E-state index in [1.807, 2.05) is 23.0 Å². The molecule has 0 unspecified atom stereocenters. The first kappa shape index (κ1) is 30.1. The molecule has 0 radical (unpaired) electrons. The number of pyridine rings is 1. The lowest BCUT2D eigenvalue weighted by atomic mass is 9.95. The SMILES string of the molecule is O=C(NCCCn1ccnc1)[C@H]1CN([C@@H]2c3ccc(Cl)cc3CCc3cc(Br)cnc32)CCN1C(=O)NC1CCCCC1. The molecule has 1 saturated heterocycles. The quantitative estimate of drug-likeness (QED) is 0.341. The molecule has 0 spiro atoms. The number of carbonyl (C=O) groups is 2. The van der Waals surface area contributed by atoms with Crippen molar-refractivity contribution in [2.45, 2.75) is 76.0 Å². The van der Waals surface area contributed by atoms with Gasteiger partial charge in [-0.25, -0.2) is 9.78 Å². The van der Waals surface area contributed by atoms with Gasteiger partial charge in [0.15, 0.2) is 0 Å². The van der Waals surface area contributed by atoms with E-state index in [9.17, 15) is 9.59 Å². The van der Waals surface area contributed by atoms with Crippen LogP contribution < -0.4 is 10.6 Å². The number of carbonyl (C=O) groups excluding carboxylic acids is 2. The number of amides is 3. The Morgan fingerprint density at radius 1 is 1.07 bits per heavy atom. The van der Waals surface area contributed by atoms with Gasteiger partial charge in [0.2, 0.25) is 5.91 Å². The van der Waals surface area contributed by atoms with E-state index in [0.717, 1.165) is 72.2 Å². The molecule has 1 aliphatic heterocycles. The number of aromatic nitrogens is 3. The minimum absolute atomic E-state index is 0.122. The van der Waals surface area contributed by atoms with Crippen molar-refractivity contribution in [2.75, 3.05) is 26.2 Å². The summed E-state index contributed by atoms with van der Waals surface area (Å²) in [7, 11) is 0. The predicted molar refractivity (Wildman–Crippen MR) is 170 cm³/mol. The highest BCUT2D eigenvalue weighted by atomic mass is 79.9. The second-order valence-corrected chi connectivity index (χ2v) is 13.2. The van der Waals surface area contributed by atoms with Crippen molar-refractivity contribution in [3.05, 3.63) is 81.1 Å². The zero-order valence-electron chi connectivity index (χ0n) is 24.4. The molecule has 6 rings (SSSR count).